The lowest BCUT2D eigenvalue weighted by atomic mass is 9.89. The number of nitrogens with zero attached hydrogens (tertiary/aromatic N) is 1. The van der Waals surface area contributed by atoms with E-state index in [1.165, 1.54) is 0 Å². The zero-order valence-electron chi connectivity index (χ0n) is 14.9. The molecule has 0 aromatic heterocycles. The first kappa shape index (κ1) is 19.6. The minimum absolute atomic E-state index is 0.0160. The highest BCUT2D eigenvalue weighted by Crippen LogP contribution is 2.25. The number of hydrogen-bond donors (Lipinski definition) is 1. The maximum atomic E-state index is 12.0. The molecular weight excluding hydrogens is 340 g/mol. The summed E-state index contributed by atoms with van der Waals surface area (Å²) in [6.45, 7) is 4.29. The van der Waals surface area contributed by atoms with Gasteiger partial charge in [-0.1, -0.05) is 30.3 Å². The summed E-state index contributed by atoms with van der Waals surface area (Å²) in [5.74, 6) is -0.00216. The predicted octanol–water partition coefficient (Wildman–Crippen LogP) is 3.70. The van der Waals surface area contributed by atoms with E-state index in [9.17, 15) is 9.59 Å². The maximum Gasteiger partial charge on any atom is 0.407 e. The molecule has 0 heterocycles. The second-order valence-corrected chi connectivity index (χ2v) is 7.01. The molecule has 1 aromatic rings. The lowest BCUT2D eigenvalue weighted by Crippen LogP contribution is -2.49. The van der Waals surface area contributed by atoms with Gasteiger partial charge in [0.15, 0.2) is 0 Å². The van der Waals surface area contributed by atoms with Gasteiger partial charge in [0.05, 0.1) is 0 Å². The summed E-state index contributed by atoms with van der Waals surface area (Å²) in [4.78, 5) is 25.9. The number of halogens is 1. The fourth-order valence-corrected chi connectivity index (χ4v) is 3.55. The van der Waals surface area contributed by atoms with Crippen LogP contribution in [-0.4, -0.2) is 40.9 Å². The van der Waals surface area contributed by atoms with Crippen molar-refractivity contribution < 1.29 is 14.3 Å². The molecule has 1 aliphatic carbocycles. The van der Waals surface area contributed by atoms with Gasteiger partial charge in [0.2, 0.25) is 5.91 Å². The quantitative estimate of drug-likeness (QED) is 0.781. The van der Waals surface area contributed by atoms with Gasteiger partial charge in [-0.05, 0) is 45.1 Å². The molecular formula is C19H27ClN2O3. The van der Waals surface area contributed by atoms with Crippen LogP contribution in [0.4, 0.5) is 4.79 Å². The molecule has 2 amide bonds. The van der Waals surface area contributed by atoms with Crippen molar-refractivity contribution in [1.29, 1.82) is 0 Å². The summed E-state index contributed by atoms with van der Waals surface area (Å²) < 4.78 is 5.27. The predicted molar refractivity (Wildman–Crippen MR) is 98.5 cm³/mol. The summed E-state index contributed by atoms with van der Waals surface area (Å²) >= 11 is 5.73. The van der Waals surface area contributed by atoms with Crippen LogP contribution in [0.2, 0.25) is 0 Å². The van der Waals surface area contributed by atoms with E-state index in [4.69, 9.17) is 16.3 Å². The highest BCUT2D eigenvalue weighted by atomic mass is 35.5. The zero-order valence-corrected chi connectivity index (χ0v) is 15.7. The fraction of sp³-hybridized carbons (Fsp3) is 0.579. The van der Waals surface area contributed by atoms with Crippen LogP contribution >= 0.6 is 11.6 Å². The fourth-order valence-electron chi connectivity index (χ4n) is 3.41. The van der Waals surface area contributed by atoms with Crippen molar-refractivity contribution in [2.24, 2.45) is 0 Å². The number of hydrogen-bond acceptors (Lipinski definition) is 3. The zero-order chi connectivity index (χ0) is 18.2. The van der Waals surface area contributed by atoms with Gasteiger partial charge in [-0.2, -0.15) is 0 Å². The average Bonchev–Trinajstić information content (AvgIpc) is 2.62. The van der Waals surface area contributed by atoms with Crippen LogP contribution in [0.15, 0.2) is 30.3 Å². The topological polar surface area (TPSA) is 58.6 Å². The Morgan fingerprint density at radius 3 is 2.40 bits per heavy atom. The molecule has 1 aliphatic rings. The summed E-state index contributed by atoms with van der Waals surface area (Å²) in [6.07, 6.45) is 3.02. The number of rotatable bonds is 6. The monoisotopic (exact) mass is 366 g/mol. The third-order valence-corrected chi connectivity index (χ3v) is 4.81. The Hall–Kier alpha value is -1.75. The number of ether oxygens (including phenoxy) is 1. The standard InChI is InChI=1S/C19H27ClN2O3/c1-14(2)22(18(23)12-20)17-10-8-16(9-11-17)21-19(24)25-13-15-6-4-3-5-7-15/h3-7,14,16-17H,8-13H2,1-2H3,(H,21,24). The minimum Gasteiger partial charge on any atom is -0.445 e. The number of benzene rings is 1. The van der Waals surface area contributed by atoms with Gasteiger partial charge < -0.3 is 15.0 Å². The van der Waals surface area contributed by atoms with Crippen LogP contribution in [-0.2, 0) is 16.1 Å². The minimum atomic E-state index is -0.384. The van der Waals surface area contributed by atoms with Crippen molar-refractivity contribution >= 4 is 23.6 Å². The Morgan fingerprint density at radius 2 is 1.84 bits per heavy atom. The number of carbonyl (C=O) groups excluding carboxylic acids is 2. The van der Waals surface area contributed by atoms with E-state index in [1.807, 2.05) is 49.1 Å². The Kier molecular flexibility index (Phi) is 7.56. The van der Waals surface area contributed by atoms with Gasteiger partial charge in [-0.3, -0.25) is 4.79 Å². The van der Waals surface area contributed by atoms with Crippen LogP contribution in [0.3, 0.4) is 0 Å². The van der Waals surface area contributed by atoms with E-state index in [-0.39, 0.29) is 42.6 Å². The first-order valence-corrected chi connectivity index (χ1v) is 9.39. The molecule has 6 heteroatoms. The van der Waals surface area contributed by atoms with Crippen LogP contribution in [0.25, 0.3) is 0 Å². The molecule has 0 aliphatic heterocycles. The summed E-state index contributed by atoms with van der Waals surface area (Å²) in [6, 6.07) is 10.0. The smallest absolute Gasteiger partial charge is 0.407 e. The highest BCUT2D eigenvalue weighted by molar-refractivity contribution is 6.27. The van der Waals surface area contributed by atoms with E-state index >= 15 is 0 Å². The Balaban J connectivity index is 1.76. The van der Waals surface area contributed by atoms with Crippen LogP contribution in [0.5, 0.6) is 0 Å². The Morgan fingerprint density at radius 1 is 1.20 bits per heavy atom. The van der Waals surface area contributed by atoms with E-state index in [1.54, 1.807) is 0 Å². The van der Waals surface area contributed by atoms with Gasteiger partial charge in [0, 0.05) is 18.1 Å². The molecule has 0 radical (unpaired) electrons. The van der Waals surface area contributed by atoms with Crippen molar-refractivity contribution in [2.75, 3.05) is 5.88 Å². The molecule has 1 saturated carbocycles. The van der Waals surface area contributed by atoms with Gasteiger partial charge >= 0.3 is 6.09 Å². The van der Waals surface area contributed by atoms with E-state index < -0.39 is 0 Å². The molecule has 0 bridgehead atoms. The van der Waals surface area contributed by atoms with Crippen LogP contribution < -0.4 is 5.32 Å². The lowest BCUT2D eigenvalue weighted by Gasteiger charge is -2.39. The van der Waals surface area contributed by atoms with E-state index in [2.05, 4.69) is 5.32 Å². The average molecular weight is 367 g/mol. The Labute approximate surface area is 154 Å². The third-order valence-electron chi connectivity index (χ3n) is 4.58. The van der Waals surface area contributed by atoms with Crippen LogP contribution in [0, 0.1) is 0 Å². The normalized spacial score (nSPS) is 20.2. The SMILES string of the molecule is CC(C)N(C(=O)CCl)C1CCC(NC(=O)OCc2ccccc2)CC1. The third kappa shape index (κ3) is 5.92. The molecule has 1 aromatic carbocycles. The number of carbonyl (C=O) groups is 2. The largest absolute Gasteiger partial charge is 0.445 e. The van der Waals surface area contributed by atoms with E-state index in [0.29, 0.717) is 0 Å². The molecule has 0 atom stereocenters. The molecule has 25 heavy (non-hydrogen) atoms. The van der Waals surface area contributed by atoms with Crippen molar-refractivity contribution in [3.63, 3.8) is 0 Å². The van der Waals surface area contributed by atoms with Gasteiger partial charge in [0.25, 0.3) is 0 Å². The lowest BCUT2D eigenvalue weighted by molar-refractivity contribution is -0.133. The molecule has 0 saturated heterocycles. The molecule has 138 valence electrons. The summed E-state index contributed by atoms with van der Waals surface area (Å²) in [5, 5.41) is 2.93. The second kappa shape index (κ2) is 9.66. The first-order chi connectivity index (χ1) is 12.0. The molecule has 1 N–H and O–H groups in total. The number of amides is 2. The molecule has 2 rings (SSSR count). The first-order valence-electron chi connectivity index (χ1n) is 8.85. The Bertz CT molecular complexity index is 557. The van der Waals surface area contributed by atoms with Gasteiger partial charge in [-0.25, -0.2) is 4.79 Å². The summed E-state index contributed by atoms with van der Waals surface area (Å²) in [5.41, 5.74) is 0.966. The van der Waals surface area contributed by atoms with E-state index in [0.717, 1.165) is 31.2 Å². The molecule has 5 nitrogen and oxygen atoms in total. The number of alkyl halides is 1. The molecule has 0 unspecified atom stereocenters. The molecule has 0 spiro atoms. The molecule has 1 fully saturated rings. The summed E-state index contributed by atoms with van der Waals surface area (Å²) in [7, 11) is 0. The van der Waals surface area contributed by atoms with Gasteiger partial charge in [-0.15, -0.1) is 11.6 Å². The van der Waals surface area contributed by atoms with Crippen molar-refractivity contribution in [1.82, 2.24) is 10.2 Å². The maximum absolute atomic E-state index is 12.0. The van der Waals surface area contributed by atoms with Crippen molar-refractivity contribution in [3.8, 4) is 0 Å². The van der Waals surface area contributed by atoms with Crippen molar-refractivity contribution in [2.45, 2.75) is 64.3 Å². The number of alkyl carbamates (subject to hydrolysis) is 1. The number of nitrogens with one attached hydrogen (secondary N) is 1. The highest BCUT2D eigenvalue weighted by Gasteiger charge is 2.30. The van der Waals surface area contributed by atoms with Crippen molar-refractivity contribution in [3.05, 3.63) is 35.9 Å². The van der Waals surface area contributed by atoms with Crippen LogP contribution in [0.1, 0.15) is 45.1 Å². The second-order valence-electron chi connectivity index (χ2n) is 6.74. The van der Waals surface area contributed by atoms with Gasteiger partial charge in [0.1, 0.15) is 12.5 Å².